The van der Waals surface area contributed by atoms with Gasteiger partial charge in [-0.15, -0.1) is 0 Å². The van der Waals surface area contributed by atoms with E-state index in [4.69, 9.17) is 9.47 Å². The van der Waals surface area contributed by atoms with Crippen LogP contribution in [0, 0.1) is 11.3 Å². The summed E-state index contributed by atoms with van der Waals surface area (Å²) in [7, 11) is 0. The van der Waals surface area contributed by atoms with Gasteiger partial charge in [0.2, 0.25) is 0 Å². The second kappa shape index (κ2) is 10.4. The number of hydrogen-bond donors (Lipinski definition) is 1. The molecule has 0 spiro atoms. The van der Waals surface area contributed by atoms with Crippen molar-refractivity contribution in [2.75, 3.05) is 19.0 Å². The van der Waals surface area contributed by atoms with Gasteiger partial charge in [0.05, 0.1) is 40.5 Å². The lowest BCUT2D eigenvalue weighted by Gasteiger charge is -2.29. The number of nitrogens with zero attached hydrogens (tertiary/aromatic N) is 1. The van der Waals surface area contributed by atoms with Gasteiger partial charge in [-0.1, -0.05) is 54.7 Å². The predicted octanol–water partition coefficient (Wildman–Crippen LogP) is 3.41. The van der Waals surface area contributed by atoms with Crippen molar-refractivity contribution in [1.29, 1.82) is 5.26 Å². The van der Waals surface area contributed by atoms with E-state index in [2.05, 4.69) is 18.0 Å². The SMILES string of the molecule is C=CCOC(=O)C1=C(C)NC(SCC(=O)OCC)=C(C#N)[C@@H]1c1ccccc1. The van der Waals surface area contributed by atoms with E-state index in [1.165, 1.54) is 17.8 Å². The minimum atomic E-state index is -0.588. The Morgan fingerprint density at radius 1 is 1.32 bits per heavy atom. The Bertz CT molecular complexity index is 853. The van der Waals surface area contributed by atoms with E-state index in [-0.39, 0.29) is 18.3 Å². The van der Waals surface area contributed by atoms with Gasteiger partial charge in [-0.3, -0.25) is 4.79 Å². The lowest BCUT2D eigenvalue weighted by molar-refractivity contribution is -0.140. The summed E-state index contributed by atoms with van der Waals surface area (Å²) in [4.78, 5) is 24.4. The molecule has 0 aliphatic carbocycles. The van der Waals surface area contributed by atoms with Crippen molar-refractivity contribution in [3.8, 4) is 6.07 Å². The third-order valence-corrected chi connectivity index (χ3v) is 4.96. The molecule has 0 amide bonds. The van der Waals surface area contributed by atoms with Crippen LogP contribution in [0.15, 0.2) is 64.9 Å². The summed E-state index contributed by atoms with van der Waals surface area (Å²) in [5.41, 5.74) is 2.09. The van der Waals surface area contributed by atoms with E-state index >= 15 is 0 Å². The first-order valence-corrected chi connectivity index (χ1v) is 9.75. The summed E-state index contributed by atoms with van der Waals surface area (Å²) in [5, 5.41) is 13.5. The van der Waals surface area contributed by atoms with Crippen molar-refractivity contribution in [3.63, 3.8) is 0 Å². The van der Waals surface area contributed by atoms with Gasteiger partial charge in [-0.25, -0.2) is 4.79 Å². The van der Waals surface area contributed by atoms with Gasteiger partial charge in [0.25, 0.3) is 0 Å². The van der Waals surface area contributed by atoms with Gasteiger partial charge in [0.15, 0.2) is 0 Å². The van der Waals surface area contributed by atoms with Gasteiger partial charge < -0.3 is 14.8 Å². The van der Waals surface area contributed by atoms with E-state index in [0.717, 1.165) is 5.56 Å². The monoisotopic (exact) mass is 398 g/mol. The van der Waals surface area contributed by atoms with E-state index in [1.807, 2.05) is 30.3 Å². The molecule has 1 atom stereocenters. The maximum absolute atomic E-state index is 12.7. The average Bonchev–Trinajstić information content (AvgIpc) is 2.70. The zero-order chi connectivity index (χ0) is 20.5. The molecule has 28 heavy (non-hydrogen) atoms. The number of ether oxygens (including phenoxy) is 2. The highest BCUT2D eigenvalue weighted by Gasteiger charge is 2.35. The minimum absolute atomic E-state index is 0.0619. The molecule has 1 aromatic rings. The van der Waals surface area contributed by atoms with Crippen LogP contribution in [0.4, 0.5) is 0 Å². The van der Waals surface area contributed by atoms with E-state index in [0.29, 0.717) is 28.5 Å². The van der Waals surface area contributed by atoms with Crippen molar-refractivity contribution in [1.82, 2.24) is 5.32 Å². The molecule has 1 aromatic carbocycles. The fraction of sp³-hybridized carbons (Fsp3) is 0.286. The molecule has 0 saturated carbocycles. The fourth-order valence-corrected chi connectivity index (χ4v) is 3.71. The summed E-state index contributed by atoms with van der Waals surface area (Å²) in [6.07, 6.45) is 1.49. The molecule has 1 N–H and O–H groups in total. The number of carbonyl (C=O) groups is 2. The van der Waals surface area contributed by atoms with Crippen LogP contribution in [0.2, 0.25) is 0 Å². The Morgan fingerprint density at radius 3 is 2.64 bits per heavy atom. The molecule has 0 radical (unpaired) electrons. The Balaban J connectivity index is 2.45. The molecule has 0 saturated heterocycles. The molecule has 7 heteroatoms. The van der Waals surface area contributed by atoms with Crippen LogP contribution in [-0.2, 0) is 19.1 Å². The molecule has 2 rings (SSSR count). The summed E-state index contributed by atoms with van der Waals surface area (Å²) in [6, 6.07) is 11.5. The van der Waals surface area contributed by atoms with Gasteiger partial charge in [0.1, 0.15) is 6.61 Å². The van der Waals surface area contributed by atoms with Crippen LogP contribution in [0.5, 0.6) is 0 Å². The molecule has 1 aliphatic rings. The van der Waals surface area contributed by atoms with Crippen molar-refractivity contribution >= 4 is 23.7 Å². The summed E-state index contributed by atoms with van der Waals surface area (Å²) in [6.45, 7) is 7.41. The minimum Gasteiger partial charge on any atom is -0.465 e. The summed E-state index contributed by atoms with van der Waals surface area (Å²) < 4.78 is 10.2. The van der Waals surface area contributed by atoms with Crippen molar-refractivity contribution < 1.29 is 19.1 Å². The van der Waals surface area contributed by atoms with Crippen LogP contribution in [-0.4, -0.2) is 30.9 Å². The number of nitriles is 1. The second-order valence-corrected chi connectivity index (χ2v) is 6.83. The first-order valence-electron chi connectivity index (χ1n) is 8.76. The number of hydrogen-bond acceptors (Lipinski definition) is 7. The first-order chi connectivity index (χ1) is 13.5. The molecule has 0 bridgehead atoms. The quantitative estimate of drug-likeness (QED) is 0.530. The van der Waals surface area contributed by atoms with Gasteiger partial charge >= 0.3 is 11.9 Å². The highest BCUT2D eigenvalue weighted by Crippen LogP contribution is 2.40. The number of allylic oxidation sites excluding steroid dienone is 2. The maximum atomic E-state index is 12.7. The third-order valence-electron chi connectivity index (χ3n) is 3.97. The van der Waals surface area contributed by atoms with Gasteiger partial charge in [-0.2, -0.15) is 5.26 Å². The lowest BCUT2D eigenvalue weighted by Crippen LogP contribution is -2.29. The Morgan fingerprint density at radius 2 is 2.04 bits per heavy atom. The van der Waals surface area contributed by atoms with Crippen molar-refractivity contribution in [2.45, 2.75) is 19.8 Å². The molecular weight excluding hydrogens is 376 g/mol. The van der Waals surface area contributed by atoms with Crippen molar-refractivity contribution in [3.05, 3.63) is 70.4 Å². The summed E-state index contributed by atoms with van der Waals surface area (Å²) >= 11 is 1.18. The van der Waals surface area contributed by atoms with Crippen LogP contribution in [0.1, 0.15) is 25.3 Å². The smallest absolute Gasteiger partial charge is 0.337 e. The predicted molar refractivity (Wildman–Crippen MR) is 108 cm³/mol. The van der Waals surface area contributed by atoms with E-state index in [1.54, 1.807) is 13.8 Å². The second-order valence-electron chi connectivity index (χ2n) is 5.84. The molecule has 6 nitrogen and oxygen atoms in total. The Kier molecular flexibility index (Phi) is 7.90. The van der Waals surface area contributed by atoms with Crippen molar-refractivity contribution in [2.24, 2.45) is 0 Å². The number of benzene rings is 1. The lowest BCUT2D eigenvalue weighted by atomic mass is 9.82. The van der Waals surface area contributed by atoms with E-state index < -0.39 is 11.9 Å². The van der Waals surface area contributed by atoms with Crippen LogP contribution in [0.25, 0.3) is 0 Å². The fourth-order valence-electron chi connectivity index (χ4n) is 2.82. The van der Waals surface area contributed by atoms with Gasteiger partial charge in [-0.05, 0) is 19.4 Å². The van der Waals surface area contributed by atoms with Gasteiger partial charge in [0, 0.05) is 5.70 Å². The molecule has 1 aliphatic heterocycles. The molecule has 1 heterocycles. The standard InChI is InChI=1S/C21H22N2O4S/c1-4-11-27-21(25)18-14(3)23-20(28-13-17(24)26-5-2)16(12-22)19(18)15-9-7-6-8-10-15/h4,6-10,19,23H,1,5,11,13H2,2-3H3/t19-/m0/s1. The highest BCUT2D eigenvalue weighted by atomic mass is 32.2. The number of esters is 2. The Hall–Kier alpha value is -2.98. The third kappa shape index (κ3) is 5.05. The normalized spacial score (nSPS) is 16.1. The molecular formula is C21H22N2O4S. The van der Waals surface area contributed by atoms with Crippen LogP contribution >= 0.6 is 11.8 Å². The van der Waals surface area contributed by atoms with E-state index in [9.17, 15) is 14.9 Å². The molecule has 146 valence electrons. The topological polar surface area (TPSA) is 88.4 Å². The number of dihydropyridines is 1. The summed E-state index contributed by atoms with van der Waals surface area (Å²) in [5.74, 6) is -1.41. The maximum Gasteiger partial charge on any atom is 0.337 e. The first kappa shape index (κ1) is 21.3. The van der Waals surface area contributed by atoms with Crippen LogP contribution < -0.4 is 5.32 Å². The Labute approximate surface area is 168 Å². The molecule has 0 aromatic heterocycles. The zero-order valence-corrected chi connectivity index (χ0v) is 16.7. The number of carbonyl (C=O) groups excluding carboxylic acids is 2. The van der Waals surface area contributed by atoms with Crippen LogP contribution in [0.3, 0.4) is 0 Å². The highest BCUT2D eigenvalue weighted by molar-refractivity contribution is 8.03. The molecule has 0 fully saturated rings. The average molecular weight is 398 g/mol. The largest absolute Gasteiger partial charge is 0.465 e. The molecule has 0 unspecified atom stereocenters. The number of rotatable bonds is 8. The number of thioether (sulfide) groups is 1. The zero-order valence-electron chi connectivity index (χ0n) is 15.9. The number of nitrogens with one attached hydrogen (secondary N) is 1.